The van der Waals surface area contributed by atoms with Gasteiger partial charge in [0.1, 0.15) is 35.7 Å². The van der Waals surface area contributed by atoms with Crippen molar-refractivity contribution in [1.82, 2.24) is 5.32 Å². The largest absolute Gasteiger partial charge is 0.508 e. The molecule has 1 aliphatic heterocycles. The van der Waals surface area contributed by atoms with Gasteiger partial charge in [0.05, 0.1) is 6.61 Å². The van der Waals surface area contributed by atoms with Crippen molar-refractivity contribution in [1.29, 1.82) is 0 Å². The molecule has 0 bridgehead atoms. The number of aliphatic imine (C=N–C) groups is 1. The van der Waals surface area contributed by atoms with E-state index < -0.39 is 40.9 Å². The Morgan fingerprint density at radius 2 is 1.56 bits per heavy atom. The predicted molar refractivity (Wildman–Crippen MR) is 113 cm³/mol. The van der Waals surface area contributed by atoms with Gasteiger partial charge < -0.3 is 23.7 Å². The zero-order valence-corrected chi connectivity index (χ0v) is 19.9. The smallest absolute Gasteiger partial charge is 0.465 e. The van der Waals surface area contributed by atoms with Crippen molar-refractivity contribution in [2.75, 3.05) is 19.8 Å². The van der Waals surface area contributed by atoms with Crippen molar-refractivity contribution >= 4 is 30.1 Å². The fraction of sp³-hybridized carbons (Fsp3) is 0.762. The summed E-state index contributed by atoms with van der Waals surface area (Å²) in [6.45, 7) is 11.7. The molecule has 11 nitrogen and oxygen atoms in total. The molecule has 0 spiro atoms. The van der Waals surface area contributed by atoms with Gasteiger partial charge in [-0.05, 0) is 61.3 Å². The number of nitrogens with one attached hydrogen (secondary N) is 1. The quantitative estimate of drug-likeness (QED) is 0.207. The molecule has 1 heterocycles. The van der Waals surface area contributed by atoms with Gasteiger partial charge in [-0.3, -0.25) is 10.1 Å². The molecular weight excluding hydrogens is 424 g/mol. The lowest BCUT2D eigenvalue weighted by Crippen LogP contribution is -2.44. The molecule has 32 heavy (non-hydrogen) atoms. The Balaban J connectivity index is 2.58. The van der Waals surface area contributed by atoms with Crippen LogP contribution in [0.5, 0.6) is 0 Å². The van der Waals surface area contributed by atoms with Gasteiger partial charge in [-0.15, -0.1) is 0 Å². The minimum atomic E-state index is -1.06. The number of ether oxygens (including phenoxy) is 5. The van der Waals surface area contributed by atoms with E-state index in [0.29, 0.717) is 12.8 Å². The number of unbranched alkanes of at least 4 members (excludes halogenated alkanes) is 1. The van der Waals surface area contributed by atoms with Gasteiger partial charge in [-0.25, -0.2) is 14.4 Å². The van der Waals surface area contributed by atoms with Crippen LogP contribution in [0.2, 0.25) is 0 Å². The molecule has 0 saturated carbocycles. The molecule has 1 rings (SSSR count). The van der Waals surface area contributed by atoms with Crippen molar-refractivity contribution in [2.24, 2.45) is 10.4 Å². The predicted octanol–water partition coefficient (Wildman–Crippen LogP) is 3.73. The van der Waals surface area contributed by atoms with Crippen molar-refractivity contribution in [3.8, 4) is 0 Å². The minimum Gasteiger partial charge on any atom is -0.465 e. The average molecular weight is 459 g/mol. The number of carbonyl (C=O) groups excluding carboxylic acids is 4. The molecule has 1 saturated heterocycles. The standard InChI is InChI=1S/C21H34N2O9/c1-19(2,3)31-16(25)22-14(23-17(26)32-20(4,5)6)10-8-9-11-28-15(24)21(7)12-29-18(27)30-13-21/h8-13H2,1-7H3,(H,22,23,25,26). The molecule has 182 valence electrons. The molecule has 0 aromatic heterocycles. The molecule has 0 aliphatic carbocycles. The van der Waals surface area contributed by atoms with E-state index in [0.717, 1.165) is 0 Å². The number of hydrogen-bond donors (Lipinski definition) is 1. The summed E-state index contributed by atoms with van der Waals surface area (Å²) in [6.07, 6.45) is -1.29. The van der Waals surface area contributed by atoms with Gasteiger partial charge >= 0.3 is 24.3 Å². The fourth-order valence-corrected chi connectivity index (χ4v) is 2.33. The number of nitrogens with zero attached hydrogens (tertiary/aromatic N) is 1. The molecule has 11 heteroatoms. The normalized spacial score (nSPS) is 16.3. The van der Waals surface area contributed by atoms with E-state index in [1.807, 2.05) is 0 Å². The fourth-order valence-electron chi connectivity index (χ4n) is 2.33. The highest BCUT2D eigenvalue weighted by Crippen LogP contribution is 2.24. The van der Waals surface area contributed by atoms with E-state index in [4.69, 9.17) is 23.7 Å². The summed E-state index contributed by atoms with van der Waals surface area (Å²) >= 11 is 0. The first kappa shape index (κ1) is 27.2. The third-order valence-electron chi connectivity index (χ3n) is 3.82. The van der Waals surface area contributed by atoms with Gasteiger partial charge in [-0.1, -0.05) is 0 Å². The minimum absolute atomic E-state index is 0.0828. The number of amidine groups is 1. The second-order valence-electron chi connectivity index (χ2n) is 9.65. The number of alkyl carbamates (subject to hydrolysis) is 1. The molecule has 1 N–H and O–H groups in total. The molecule has 0 aromatic rings. The zero-order valence-electron chi connectivity index (χ0n) is 19.9. The summed E-state index contributed by atoms with van der Waals surface area (Å²) in [5, 5.41) is 2.47. The van der Waals surface area contributed by atoms with Gasteiger partial charge in [0.25, 0.3) is 0 Å². The number of rotatable bonds is 6. The Morgan fingerprint density at radius 3 is 2.09 bits per heavy atom. The topological polar surface area (TPSA) is 139 Å². The number of hydrogen-bond acceptors (Lipinski definition) is 9. The van der Waals surface area contributed by atoms with Crippen LogP contribution in [0.3, 0.4) is 0 Å². The van der Waals surface area contributed by atoms with E-state index in [2.05, 4.69) is 10.3 Å². The first-order chi connectivity index (χ1) is 14.6. The van der Waals surface area contributed by atoms with Crippen LogP contribution >= 0.6 is 0 Å². The number of cyclic esters (lactones) is 2. The first-order valence-corrected chi connectivity index (χ1v) is 10.4. The lowest BCUT2D eigenvalue weighted by molar-refractivity contribution is -0.166. The molecule has 1 fully saturated rings. The maximum atomic E-state index is 12.2. The number of amides is 2. The molecule has 0 radical (unpaired) electrons. The van der Waals surface area contributed by atoms with Crippen molar-refractivity contribution in [3.05, 3.63) is 0 Å². The second kappa shape index (κ2) is 11.1. The van der Waals surface area contributed by atoms with E-state index >= 15 is 0 Å². The molecular formula is C21H34N2O9. The Hall–Kier alpha value is -2.85. The van der Waals surface area contributed by atoms with E-state index in [1.165, 1.54) is 0 Å². The first-order valence-electron chi connectivity index (χ1n) is 10.4. The van der Waals surface area contributed by atoms with Crippen LogP contribution in [0.4, 0.5) is 14.4 Å². The highest BCUT2D eigenvalue weighted by atomic mass is 16.7. The Morgan fingerprint density at radius 1 is 1.00 bits per heavy atom. The van der Waals surface area contributed by atoms with Gasteiger partial charge in [0.15, 0.2) is 0 Å². The molecule has 0 atom stereocenters. The SMILES string of the molecule is CC(C)(C)OC(=O)N=C(CCCCOC(=O)C1(C)COC(=O)OC1)NC(=O)OC(C)(C)C. The van der Waals surface area contributed by atoms with Crippen molar-refractivity contribution in [3.63, 3.8) is 0 Å². The van der Waals surface area contributed by atoms with Crippen LogP contribution in [-0.2, 0) is 28.5 Å². The van der Waals surface area contributed by atoms with Crippen molar-refractivity contribution < 1.29 is 42.9 Å². The van der Waals surface area contributed by atoms with E-state index in [1.54, 1.807) is 48.5 Å². The molecule has 2 amide bonds. The number of carbonyl (C=O) groups is 4. The van der Waals surface area contributed by atoms with Crippen LogP contribution < -0.4 is 5.32 Å². The van der Waals surface area contributed by atoms with Gasteiger partial charge in [-0.2, -0.15) is 4.99 Å². The van der Waals surface area contributed by atoms with Crippen LogP contribution in [0.1, 0.15) is 67.7 Å². The lowest BCUT2D eigenvalue weighted by Gasteiger charge is -2.29. The van der Waals surface area contributed by atoms with Crippen LogP contribution in [0.25, 0.3) is 0 Å². The molecule has 0 aromatic carbocycles. The average Bonchev–Trinajstić information content (AvgIpc) is 2.60. The lowest BCUT2D eigenvalue weighted by atomic mass is 9.93. The summed E-state index contributed by atoms with van der Waals surface area (Å²) in [5.74, 6) is -0.459. The molecule has 0 unspecified atom stereocenters. The second-order valence-corrected chi connectivity index (χ2v) is 9.65. The third-order valence-corrected chi connectivity index (χ3v) is 3.82. The summed E-state index contributed by atoms with van der Waals surface area (Å²) < 4.78 is 25.1. The number of esters is 1. The summed E-state index contributed by atoms with van der Waals surface area (Å²) in [4.78, 5) is 51.1. The van der Waals surface area contributed by atoms with Crippen LogP contribution in [-0.4, -0.2) is 61.2 Å². The summed E-state index contributed by atoms with van der Waals surface area (Å²) in [6, 6.07) is 0. The highest BCUT2D eigenvalue weighted by Gasteiger charge is 2.41. The van der Waals surface area contributed by atoms with Crippen LogP contribution in [0, 0.1) is 5.41 Å². The van der Waals surface area contributed by atoms with E-state index in [9.17, 15) is 19.2 Å². The van der Waals surface area contributed by atoms with Gasteiger partial charge in [0, 0.05) is 6.42 Å². The maximum Gasteiger partial charge on any atom is 0.508 e. The zero-order chi connectivity index (χ0) is 24.6. The van der Waals surface area contributed by atoms with Gasteiger partial charge in [0.2, 0.25) is 0 Å². The Kier molecular flexibility index (Phi) is 9.47. The highest BCUT2D eigenvalue weighted by molar-refractivity contribution is 6.00. The van der Waals surface area contributed by atoms with Crippen LogP contribution in [0.15, 0.2) is 4.99 Å². The third kappa shape index (κ3) is 11.0. The Labute approximate surface area is 188 Å². The Bertz CT molecular complexity index is 723. The maximum absolute atomic E-state index is 12.2. The molecule has 1 aliphatic rings. The summed E-state index contributed by atoms with van der Waals surface area (Å²) in [7, 11) is 0. The summed E-state index contributed by atoms with van der Waals surface area (Å²) in [5.41, 5.74) is -2.52. The monoisotopic (exact) mass is 458 g/mol. The van der Waals surface area contributed by atoms with E-state index in [-0.39, 0.29) is 32.1 Å². The van der Waals surface area contributed by atoms with Crippen molar-refractivity contribution in [2.45, 2.75) is 78.9 Å².